The first-order valence-electron chi connectivity index (χ1n) is 4.43. The summed E-state index contributed by atoms with van der Waals surface area (Å²) in [4.78, 5) is 0. The van der Waals surface area contributed by atoms with Crippen molar-refractivity contribution in [1.29, 1.82) is 0 Å². The van der Waals surface area contributed by atoms with Crippen molar-refractivity contribution < 1.29 is 25.2 Å². The van der Waals surface area contributed by atoms with Crippen molar-refractivity contribution in [2.75, 3.05) is 13.2 Å². The van der Waals surface area contributed by atoms with Crippen molar-refractivity contribution in [2.24, 2.45) is 11.8 Å². The number of ether oxygens (including phenoxy) is 1. The molecule has 1 aliphatic heterocycles. The van der Waals surface area contributed by atoms with Crippen LogP contribution >= 0.6 is 0 Å². The predicted molar refractivity (Wildman–Crippen MR) is 41.8 cm³/mol. The molecule has 0 spiro atoms. The molecule has 4 unspecified atom stereocenters. The highest BCUT2D eigenvalue weighted by molar-refractivity contribution is 4.99. The number of aliphatic hydroxyl groups is 4. The Morgan fingerprint density at radius 3 is 1.62 bits per heavy atom. The molecule has 0 aromatic carbocycles. The van der Waals surface area contributed by atoms with Crippen LogP contribution in [-0.2, 0) is 4.74 Å². The standard InChI is InChI=1S/C8H14O5/c9-5-3-1-13-2-4(5)7(11)8(12)6(3)10/h3-12H,1-2H2. The SMILES string of the molecule is OC1C(O)C2COCC(C1O)C2O. The van der Waals surface area contributed by atoms with Gasteiger partial charge >= 0.3 is 0 Å². The molecule has 1 aliphatic carbocycles. The van der Waals surface area contributed by atoms with Gasteiger partial charge in [-0.2, -0.15) is 0 Å². The molecule has 2 bridgehead atoms. The molecule has 5 heteroatoms. The average Bonchev–Trinajstić information content (AvgIpc) is 2.13. The topological polar surface area (TPSA) is 90.2 Å². The fourth-order valence-electron chi connectivity index (χ4n) is 2.16. The third-order valence-corrected chi connectivity index (χ3v) is 3.08. The van der Waals surface area contributed by atoms with Gasteiger partial charge in [-0.3, -0.25) is 0 Å². The third kappa shape index (κ3) is 1.28. The van der Waals surface area contributed by atoms with Crippen molar-refractivity contribution in [3.05, 3.63) is 0 Å². The zero-order valence-electron chi connectivity index (χ0n) is 7.08. The van der Waals surface area contributed by atoms with Crippen LogP contribution in [-0.4, -0.2) is 58.1 Å². The summed E-state index contributed by atoms with van der Waals surface area (Å²) in [6, 6.07) is 0. The molecule has 5 nitrogen and oxygen atoms in total. The van der Waals surface area contributed by atoms with Crippen LogP contribution in [0.3, 0.4) is 0 Å². The number of rotatable bonds is 0. The summed E-state index contributed by atoms with van der Waals surface area (Å²) < 4.78 is 5.10. The predicted octanol–water partition coefficient (Wildman–Crippen LogP) is -2.29. The van der Waals surface area contributed by atoms with E-state index in [1.165, 1.54) is 0 Å². The summed E-state index contributed by atoms with van der Waals surface area (Å²) in [5.41, 5.74) is 0. The van der Waals surface area contributed by atoms with Gasteiger partial charge in [0.25, 0.3) is 0 Å². The molecule has 1 heterocycles. The Kier molecular flexibility index (Phi) is 2.29. The van der Waals surface area contributed by atoms with Gasteiger partial charge in [0.2, 0.25) is 0 Å². The largest absolute Gasteiger partial charge is 0.392 e. The molecular weight excluding hydrogens is 176 g/mol. The van der Waals surface area contributed by atoms with Gasteiger partial charge in [-0.15, -0.1) is 0 Å². The maximum atomic E-state index is 9.64. The van der Waals surface area contributed by atoms with Crippen LogP contribution in [0.4, 0.5) is 0 Å². The lowest BCUT2D eigenvalue weighted by Crippen LogP contribution is -2.62. The van der Waals surface area contributed by atoms with E-state index >= 15 is 0 Å². The maximum absolute atomic E-state index is 9.64. The first-order chi connectivity index (χ1) is 6.13. The van der Waals surface area contributed by atoms with E-state index in [0.717, 1.165) is 0 Å². The summed E-state index contributed by atoms with van der Waals surface area (Å²) in [5, 5.41) is 38.0. The average molecular weight is 190 g/mol. The van der Waals surface area contributed by atoms with Crippen molar-refractivity contribution >= 4 is 0 Å². The molecule has 0 aromatic heterocycles. The van der Waals surface area contributed by atoms with E-state index in [-0.39, 0.29) is 13.2 Å². The smallest absolute Gasteiger partial charge is 0.107 e. The second kappa shape index (κ2) is 3.18. The minimum Gasteiger partial charge on any atom is -0.392 e. The zero-order valence-corrected chi connectivity index (χ0v) is 7.08. The van der Waals surface area contributed by atoms with Gasteiger partial charge in [0.1, 0.15) is 6.10 Å². The lowest BCUT2D eigenvalue weighted by atomic mass is 9.72. The Balaban J connectivity index is 2.21. The molecule has 1 saturated heterocycles. The van der Waals surface area contributed by atoms with E-state index in [9.17, 15) is 20.4 Å². The van der Waals surface area contributed by atoms with Crippen LogP contribution in [0.5, 0.6) is 0 Å². The summed E-state index contributed by atoms with van der Waals surface area (Å²) in [6.07, 6.45) is -4.13. The fourth-order valence-corrected chi connectivity index (χ4v) is 2.16. The Bertz CT molecular complexity index is 171. The van der Waals surface area contributed by atoms with E-state index in [2.05, 4.69) is 0 Å². The highest BCUT2D eigenvalue weighted by Gasteiger charge is 2.50. The lowest BCUT2D eigenvalue weighted by molar-refractivity contribution is -0.228. The first kappa shape index (κ1) is 9.36. The molecule has 2 aliphatic rings. The highest BCUT2D eigenvalue weighted by Crippen LogP contribution is 2.34. The maximum Gasteiger partial charge on any atom is 0.107 e. The van der Waals surface area contributed by atoms with E-state index in [0.29, 0.717) is 0 Å². The zero-order chi connectivity index (χ0) is 9.59. The minimum absolute atomic E-state index is 0.239. The number of hydrogen-bond acceptors (Lipinski definition) is 5. The summed E-state index contributed by atoms with van der Waals surface area (Å²) >= 11 is 0. The van der Waals surface area contributed by atoms with Crippen molar-refractivity contribution in [3.8, 4) is 0 Å². The van der Waals surface area contributed by atoms with E-state index < -0.39 is 36.3 Å². The lowest BCUT2D eigenvalue weighted by Gasteiger charge is -2.47. The molecule has 1 saturated carbocycles. The monoisotopic (exact) mass is 190 g/mol. The van der Waals surface area contributed by atoms with Crippen molar-refractivity contribution in [3.63, 3.8) is 0 Å². The number of hydrogen-bond donors (Lipinski definition) is 4. The highest BCUT2D eigenvalue weighted by atomic mass is 16.5. The first-order valence-corrected chi connectivity index (χ1v) is 4.43. The van der Waals surface area contributed by atoms with Crippen LogP contribution < -0.4 is 0 Å². The van der Waals surface area contributed by atoms with E-state index in [4.69, 9.17) is 4.74 Å². The van der Waals surface area contributed by atoms with Gasteiger partial charge in [-0.05, 0) is 0 Å². The van der Waals surface area contributed by atoms with Gasteiger partial charge in [-0.1, -0.05) is 0 Å². The van der Waals surface area contributed by atoms with Gasteiger partial charge in [-0.25, -0.2) is 0 Å². The molecular formula is C8H14O5. The van der Waals surface area contributed by atoms with Crippen molar-refractivity contribution in [2.45, 2.75) is 24.4 Å². The van der Waals surface area contributed by atoms with Crippen molar-refractivity contribution in [1.82, 2.24) is 0 Å². The molecule has 2 fully saturated rings. The number of aliphatic hydroxyl groups excluding tert-OH is 4. The molecule has 76 valence electrons. The fraction of sp³-hybridized carbons (Fsp3) is 1.00. The van der Waals surface area contributed by atoms with Crippen LogP contribution in [0.1, 0.15) is 0 Å². The Hall–Kier alpha value is -0.200. The summed E-state index contributed by atoms with van der Waals surface area (Å²) in [5.74, 6) is -0.950. The second-order valence-electron chi connectivity index (χ2n) is 3.83. The summed E-state index contributed by atoms with van der Waals surface area (Å²) in [6.45, 7) is 0.477. The van der Waals surface area contributed by atoms with E-state index in [1.807, 2.05) is 0 Å². The number of fused-ring (bicyclic) bond motifs is 2. The van der Waals surface area contributed by atoms with Gasteiger partial charge < -0.3 is 25.2 Å². The Morgan fingerprint density at radius 2 is 1.15 bits per heavy atom. The molecule has 2 rings (SSSR count). The van der Waals surface area contributed by atoms with Gasteiger partial charge in [0.15, 0.2) is 0 Å². The third-order valence-electron chi connectivity index (χ3n) is 3.08. The quantitative estimate of drug-likeness (QED) is 0.345. The van der Waals surface area contributed by atoms with Gasteiger partial charge in [0.05, 0.1) is 31.5 Å². The molecule has 13 heavy (non-hydrogen) atoms. The Labute approximate surface area is 75.6 Å². The van der Waals surface area contributed by atoms with Crippen LogP contribution in [0.15, 0.2) is 0 Å². The second-order valence-corrected chi connectivity index (χ2v) is 3.83. The Morgan fingerprint density at radius 1 is 0.692 bits per heavy atom. The molecule has 0 aromatic rings. The van der Waals surface area contributed by atoms with Gasteiger partial charge in [0, 0.05) is 11.8 Å². The molecule has 0 radical (unpaired) electrons. The minimum atomic E-state index is -1.16. The van der Waals surface area contributed by atoms with E-state index in [1.54, 1.807) is 0 Å². The van der Waals surface area contributed by atoms with Crippen LogP contribution in [0, 0.1) is 11.8 Å². The molecule has 4 atom stereocenters. The van der Waals surface area contributed by atoms with Crippen LogP contribution in [0.2, 0.25) is 0 Å². The summed E-state index contributed by atoms with van der Waals surface area (Å²) in [7, 11) is 0. The molecule has 4 N–H and O–H groups in total. The van der Waals surface area contributed by atoms with Crippen LogP contribution in [0.25, 0.3) is 0 Å². The molecule has 0 amide bonds. The normalized spacial score (nSPS) is 56.3.